The van der Waals surface area contributed by atoms with Crippen LogP contribution in [0.25, 0.3) is 11.1 Å². The minimum Gasteiger partial charge on any atom is -0.379 e. The molecule has 0 atom stereocenters. The fraction of sp³-hybridized carbons (Fsp3) is 0.227. The van der Waals surface area contributed by atoms with Crippen LogP contribution in [-0.4, -0.2) is 44.0 Å². The molecular weight excluding hydrogens is 404 g/mol. The highest BCUT2D eigenvalue weighted by Gasteiger charge is 2.26. The Kier molecular flexibility index (Phi) is 6.30. The molecule has 0 bridgehead atoms. The zero-order valence-corrected chi connectivity index (χ0v) is 17.5. The average molecular weight is 427 g/mol. The molecule has 1 aliphatic heterocycles. The predicted octanol–water partition coefficient (Wildman–Crippen LogP) is 4.06. The zero-order valence-electron chi connectivity index (χ0n) is 15.9. The topological polar surface area (TPSA) is 59.5 Å². The molecule has 2 aromatic carbocycles. The first-order chi connectivity index (χ1) is 14.1. The van der Waals surface area contributed by atoms with Crippen molar-refractivity contribution >= 4 is 21.8 Å². The maximum Gasteiger partial charge on any atom is 0.244 e. The molecule has 29 heavy (non-hydrogen) atoms. The first kappa shape index (κ1) is 20.1. The second-order valence-corrected chi connectivity index (χ2v) is 9.63. The summed E-state index contributed by atoms with van der Waals surface area (Å²) in [6.45, 7) is 1.64. The van der Waals surface area contributed by atoms with E-state index < -0.39 is 10.0 Å². The second kappa shape index (κ2) is 9.09. The van der Waals surface area contributed by atoms with Crippen molar-refractivity contribution in [2.45, 2.75) is 15.7 Å². The first-order valence-corrected chi connectivity index (χ1v) is 11.9. The number of pyridine rings is 1. The van der Waals surface area contributed by atoms with Gasteiger partial charge in [0.15, 0.2) is 0 Å². The fourth-order valence-electron chi connectivity index (χ4n) is 3.12. The highest BCUT2D eigenvalue weighted by molar-refractivity contribution is 7.98. The molecule has 0 aliphatic carbocycles. The van der Waals surface area contributed by atoms with Crippen LogP contribution in [0.2, 0.25) is 0 Å². The predicted molar refractivity (Wildman–Crippen MR) is 115 cm³/mol. The number of morpholine rings is 1. The van der Waals surface area contributed by atoms with Crippen molar-refractivity contribution in [3.05, 3.63) is 78.5 Å². The quantitative estimate of drug-likeness (QED) is 0.556. The number of hydrogen-bond acceptors (Lipinski definition) is 5. The van der Waals surface area contributed by atoms with E-state index >= 15 is 0 Å². The van der Waals surface area contributed by atoms with Gasteiger partial charge >= 0.3 is 0 Å². The van der Waals surface area contributed by atoms with E-state index in [9.17, 15) is 8.42 Å². The van der Waals surface area contributed by atoms with Gasteiger partial charge in [0.25, 0.3) is 0 Å². The van der Waals surface area contributed by atoms with Gasteiger partial charge in [0.05, 0.1) is 18.2 Å². The molecule has 4 rings (SSSR count). The fourth-order valence-corrected chi connectivity index (χ4v) is 5.27. The van der Waals surface area contributed by atoms with Gasteiger partial charge < -0.3 is 4.74 Å². The lowest BCUT2D eigenvalue weighted by atomic mass is 10.0. The van der Waals surface area contributed by atoms with E-state index in [4.69, 9.17) is 4.74 Å². The van der Waals surface area contributed by atoms with Crippen LogP contribution in [0.1, 0.15) is 5.56 Å². The lowest BCUT2D eigenvalue weighted by molar-refractivity contribution is 0.0730. The molecule has 0 saturated carbocycles. The summed E-state index contributed by atoms with van der Waals surface area (Å²) in [7, 11) is -3.50. The Morgan fingerprint density at radius 2 is 1.59 bits per heavy atom. The maximum absolute atomic E-state index is 12.7. The Morgan fingerprint density at radius 1 is 0.897 bits per heavy atom. The first-order valence-electron chi connectivity index (χ1n) is 9.44. The smallest absolute Gasteiger partial charge is 0.244 e. The van der Waals surface area contributed by atoms with Crippen molar-refractivity contribution in [3.8, 4) is 11.1 Å². The van der Waals surface area contributed by atoms with Crippen LogP contribution in [0.5, 0.6) is 0 Å². The van der Waals surface area contributed by atoms with E-state index in [2.05, 4.69) is 41.4 Å². The van der Waals surface area contributed by atoms with Gasteiger partial charge in [-0.2, -0.15) is 4.31 Å². The monoisotopic (exact) mass is 426 g/mol. The van der Waals surface area contributed by atoms with Crippen LogP contribution in [0.15, 0.2) is 82.8 Å². The van der Waals surface area contributed by atoms with Crippen molar-refractivity contribution in [3.63, 3.8) is 0 Å². The Hall–Kier alpha value is -2.19. The molecule has 1 saturated heterocycles. The summed E-state index contributed by atoms with van der Waals surface area (Å²) >= 11 is 1.59. The molecule has 1 aliphatic rings. The summed E-state index contributed by atoms with van der Waals surface area (Å²) in [6.07, 6.45) is 1.45. The average Bonchev–Trinajstić information content (AvgIpc) is 2.79. The van der Waals surface area contributed by atoms with Crippen LogP contribution in [-0.2, 0) is 20.5 Å². The van der Waals surface area contributed by atoms with Crippen molar-refractivity contribution < 1.29 is 13.2 Å². The number of benzene rings is 2. The third-order valence-electron chi connectivity index (χ3n) is 4.76. The Labute approximate surface area is 175 Å². The molecule has 0 N–H and O–H groups in total. The standard InChI is InChI=1S/C22H22N2O3S2/c25-29(26,24-12-14-27-15-13-24)21-10-11-22(23-16-21)28-17-18-6-8-20(9-7-18)19-4-2-1-3-5-19/h1-11,16H,12-15,17H2. The van der Waals surface area contributed by atoms with Crippen molar-refractivity contribution in [2.75, 3.05) is 26.3 Å². The van der Waals surface area contributed by atoms with E-state index in [0.717, 1.165) is 10.8 Å². The van der Waals surface area contributed by atoms with E-state index in [1.54, 1.807) is 23.9 Å². The molecule has 0 unspecified atom stereocenters. The van der Waals surface area contributed by atoms with Crippen LogP contribution in [0.3, 0.4) is 0 Å². The Bertz CT molecular complexity index is 1030. The second-order valence-electron chi connectivity index (χ2n) is 6.70. The molecule has 0 spiro atoms. The number of sulfonamides is 1. The van der Waals surface area contributed by atoms with Gasteiger partial charge in [-0.15, -0.1) is 11.8 Å². The van der Waals surface area contributed by atoms with Gasteiger partial charge in [-0.05, 0) is 28.8 Å². The Morgan fingerprint density at radius 3 is 2.24 bits per heavy atom. The van der Waals surface area contributed by atoms with Crippen molar-refractivity contribution in [2.24, 2.45) is 0 Å². The normalized spacial score (nSPS) is 15.3. The van der Waals surface area contributed by atoms with E-state index in [-0.39, 0.29) is 4.90 Å². The number of thioether (sulfide) groups is 1. The van der Waals surface area contributed by atoms with Crippen molar-refractivity contribution in [1.82, 2.24) is 9.29 Å². The van der Waals surface area contributed by atoms with Crippen LogP contribution < -0.4 is 0 Å². The molecule has 1 aromatic heterocycles. The minimum atomic E-state index is -3.50. The van der Waals surface area contributed by atoms with Gasteiger partial charge in [-0.3, -0.25) is 0 Å². The zero-order chi connectivity index (χ0) is 20.1. The summed E-state index contributed by atoms with van der Waals surface area (Å²) < 4.78 is 32.0. The van der Waals surface area contributed by atoms with Crippen LogP contribution >= 0.6 is 11.8 Å². The number of aromatic nitrogens is 1. The molecule has 3 aromatic rings. The van der Waals surface area contributed by atoms with Crippen LogP contribution in [0.4, 0.5) is 0 Å². The number of ether oxygens (including phenoxy) is 1. The highest BCUT2D eigenvalue weighted by Crippen LogP contribution is 2.25. The minimum absolute atomic E-state index is 0.232. The van der Waals surface area contributed by atoms with Gasteiger partial charge in [-0.1, -0.05) is 54.6 Å². The summed E-state index contributed by atoms with van der Waals surface area (Å²) in [5.41, 5.74) is 3.59. The molecule has 0 amide bonds. The van der Waals surface area contributed by atoms with E-state index in [1.165, 1.54) is 27.2 Å². The maximum atomic E-state index is 12.7. The van der Waals surface area contributed by atoms with E-state index in [1.807, 2.05) is 18.2 Å². The molecule has 2 heterocycles. The molecule has 7 heteroatoms. The molecule has 1 fully saturated rings. The Balaban J connectivity index is 1.38. The number of hydrogen-bond donors (Lipinski definition) is 0. The summed E-state index contributed by atoms with van der Waals surface area (Å²) in [5, 5.41) is 0.804. The number of nitrogens with zero attached hydrogens (tertiary/aromatic N) is 2. The van der Waals surface area contributed by atoms with Gasteiger partial charge in [-0.25, -0.2) is 13.4 Å². The summed E-state index contributed by atoms with van der Waals surface area (Å²) in [6, 6.07) is 22.2. The SMILES string of the molecule is O=S(=O)(c1ccc(SCc2ccc(-c3ccccc3)cc2)nc1)N1CCOCC1. The lowest BCUT2D eigenvalue weighted by Crippen LogP contribution is -2.40. The van der Waals surface area contributed by atoms with E-state index in [0.29, 0.717) is 26.3 Å². The lowest BCUT2D eigenvalue weighted by Gasteiger charge is -2.25. The number of rotatable bonds is 6. The van der Waals surface area contributed by atoms with Gasteiger partial charge in [0.1, 0.15) is 4.90 Å². The van der Waals surface area contributed by atoms with Crippen molar-refractivity contribution in [1.29, 1.82) is 0 Å². The highest BCUT2D eigenvalue weighted by atomic mass is 32.2. The molecular formula is C22H22N2O3S2. The summed E-state index contributed by atoms with van der Waals surface area (Å²) in [4.78, 5) is 4.58. The summed E-state index contributed by atoms with van der Waals surface area (Å²) in [5.74, 6) is 0.775. The molecule has 5 nitrogen and oxygen atoms in total. The van der Waals surface area contributed by atoms with Gasteiger partial charge in [0, 0.05) is 25.0 Å². The molecule has 0 radical (unpaired) electrons. The molecule has 150 valence electrons. The third kappa shape index (κ3) is 4.87. The third-order valence-corrected chi connectivity index (χ3v) is 7.66. The van der Waals surface area contributed by atoms with Crippen LogP contribution in [0, 0.1) is 0 Å². The largest absolute Gasteiger partial charge is 0.379 e. The van der Waals surface area contributed by atoms with Gasteiger partial charge in [0.2, 0.25) is 10.0 Å².